The largest absolute Gasteiger partial charge is 0.481 e. The maximum Gasteiger partial charge on any atom is 0.340 e. The molecule has 5 heteroatoms. The highest BCUT2D eigenvalue weighted by Crippen LogP contribution is 2.22. The number of ether oxygens (including phenoxy) is 2. The van der Waals surface area contributed by atoms with Gasteiger partial charge in [0.2, 0.25) is 0 Å². The first-order chi connectivity index (χ1) is 13.1. The molecule has 3 rings (SSSR count). The standard InChI is InChI=1S/C22H21NO4/c1-3-26-22(25)19-10-6-7-11-20(19)23-21(24)15(2)27-18-13-12-16-8-4-5-9-17(16)14-18/h4-15H,3H2,1-2H3,(H,23,24)/t15-/m0/s1. The third-order valence-electron chi connectivity index (χ3n) is 4.08. The quantitative estimate of drug-likeness (QED) is 0.658. The van der Waals surface area contributed by atoms with Crippen LogP contribution in [0.3, 0.4) is 0 Å². The van der Waals surface area contributed by atoms with E-state index in [4.69, 9.17) is 9.47 Å². The average molecular weight is 363 g/mol. The molecular weight excluding hydrogens is 342 g/mol. The van der Waals surface area contributed by atoms with Crippen molar-refractivity contribution in [2.75, 3.05) is 11.9 Å². The number of amides is 1. The molecule has 27 heavy (non-hydrogen) atoms. The summed E-state index contributed by atoms with van der Waals surface area (Å²) < 4.78 is 10.8. The number of benzene rings is 3. The smallest absolute Gasteiger partial charge is 0.340 e. The molecule has 0 aliphatic heterocycles. The van der Waals surface area contributed by atoms with Crippen molar-refractivity contribution in [3.05, 3.63) is 72.3 Å². The lowest BCUT2D eigenvalue weighted by Gasteiger charge is -2.16. The van der Waals surface area contributed by atoms with E-state index < -0.39 is 12.1 Å². The van der Waals surface area contributed by atoms with Crippen LogP contribution in [0.2, 0.25) is 0 Å². The number of para-hydroxylation sites is 1. The highest BCUT2D eigenvalue weighted by molar-refractivity contribution is 6.02. The molecule has 0 radical (unpaired) electrons. The van der Waals surface area contributed by atoms with E-state index in [0.29, 0.717) is 17.0 Å². The zero-order valence-electron chi connectivity index (χ0n) is 15.3. The number of carbonyl (C=O) groups excluding carboxylic acids is 2. The summed E-state index contributed by atoms with van der Waals surface area (Å²) in [6.45, 7) is 3.67. The molecule has 0 spiro atoms. The fourth-order valence-corrected chi connectivity index (χ4v) is 2.71. The molecule has 0 aromatic heterocycles. The lowest BCUT2D eigenvalue weighted by Crippen LogP contribution is -2.30. The molecule has 0 saturated heterocycles. The van der Waals surface area contributed by atoms with Crippen LogP contribution in [-0.4, -0.2) is 24.6 Å². The fourth-order valence-electron chi connectivity index (χ4n) is 2.71. The predicted octanol–water partition coefficient (Wildman–Crippen LogP) is 4.42. The first-order valence-electron chi connectivity index (χ1n) is 8.81. The summed E-state index contributed by atoms with van der Waals surface area (Å²) in [5.74, 6) is -0.216. The fraction of sp³-hybridized carbons (Fsp3) is 0.182. The zero-order chi connectivity index (χ0) is 19.2. The van der Waals surface area contributed by atoms with Gasteiger partial charge in [0.15, 0.2) is 6.10 Å². The summed E-state index contributed by atoms with van der Waals surface area (Å²) in [6, 6.07) is 20.3. The molecule has 3 aromatic carbocycles. The van der Waals surface area contributed by atoms with Crippen molar-refractivity contribution in [2.24, 2.45) is 0 Å². The molecule has 0 unspecified atom stereocenters. The molecule has 138 valence electrons. The van der Waals surface area contributed by atoms with Crippen molar-refractivity contribution < 1.29 is 19.1 Å². The van der Waals surface area contributed by atoms with E-state index in [9.17, 15) is 9.59 Å². The molecule has 0 aliphatic rings. The Bertz CT molecular complexity index is 967. The molecule has 3 aromatic rings. The normalized spacial score (nSPS) is 11.6. The Labute approximate surface area is 157 Å². The van der Waals surface area contributed by atoms with E-state index in [2.05, 4.69) is 5.32 Å². The van der Waals surface area contributed by atoms with Gasteiger partial charge in [-0.25, -0.2) is 4.79 Å². The highest BCUT2D eigenvalue weighted by Gasteiger charge is 2.19. The predicted molar refractivity (Wildman–Crippen MR) is 105 cm³/mol. The maximum atomic E-state index is 12.5. The van der Waals surface area contributed by atoms with Crippen LogP contribution >= 0.6 is 0 Å². The molecular formula is C22H21NO4. The van der Waals surface area contributed by atoms with Gasteiger partial charge in [-0.15, -0.1) is 0 Å². The summed E-state index contributed by atoms with van der Waals surface area (Å²) in [5.41, 5.74) is 0.709. The minimum Gasteiger partial charge on any atom is -0.481 e. The number of hydrogen-bond donors (Lipinski definition) is 1. The molecule has 0 saturated carbocycles. The topological polar surface area (TPSA) is 64.6 Å². The van der Waals surface area contributed by atoms with Crippen molar-refractivity contribution >= 4 is 28.3 Å². The van der Waals surface area contributed by atoms with E-state index in [-0.39, 0.29) is 12.5 Å². The molecule has 1 N–H and O–H groups in total. The van der Waals surface area contributed by atoms with Gasteiger partial charge < -0.3 is 14.8 Å². The van der Waals surface area contributed by atoms with Crippen molar-refractivity contribution in [2.45, 2.75) is 20.0 Å². The van der Waals surface area contributed by atoms with Gasteiger partial charge >= 0.3 is 5.97 Å². The van der Waals surface area contributed by atoms with E-state index in [1.165, 1.54) is 0 Å². The Hall–Kier alpha value is -3.34. The van der Waals surface area contributed by atoms with Crippen LogP contribution in [0.1, 0.15) is 24.2 Å². The first-order valence-corrected chi connectivity index (χ1v) is 8.81. The van der Waals surface area contributed by atoms with E-state index in [1.807, 2.05) is 42.5 Å². The Morgan fingerprint density at radius 1 is 0.963 bits per heavy atom. The summed E-state index contributed by atoms with van der Waals surface area (Å²) in [5, 5.41) is 4.88. The number of fused-ring (bicyclic) bond motifs is 1. The third kappa shape index (κ3) is 4.44. The average Bonchev–Trinajstić information content (AvgIpc) is 2.68. The SMILES string of the molecule is CCOC(=O)c1ccccc1NC(=O)[C@H](C)Oc1ccc2ccccc2c1. The Morgan fingerprint density at radius 3 is 2.44 bits per heavy atom. The van der Waals surface area contributed by atoms with Gasteiger partial charge in [0, 0.05) is 0 Å². The van der Waals surface area contributed by atoms with Crippen LogP contribution in [0.5, 0.6) is 5.75 Å². The number of carbonyl (C=O) groups is 2. The van der Waals surface area contributed by atoms with Crippen LogP contribution in [0.4, 0.5) is 5.69 Å². The van der Waals surface area contributed by atoms with Crippen molar-refractivity contribution in [3.63, 3.8) is 0 Å². The van der Waals surface area contributed by atoms with Crippen LogP contribution < -0.4 is 10.1 Å². The van der Waals surface area contributed by atoms with Gasteiger partial charge in [-0.3, -0.25) is 4.79 Å². The van der Waals surface area contributed by atoms with Gasteiger partial charge in [-0.2, -0.15) is 0 Å². The van der Waals surface area contributed by atoms with Gasteiger partial charge in [-0.1, -0.05) is 42.5 Å². The third-order valence-corrected chi connectivity index (χ3v) is 4.08. The second-order valence-electron chi connectivity index (χ2n) is 6.02. The van der Waals surface area contributed by atoms with E-state index in [0.717, 1.165) is 10.8 Å². The van der Waals surface area contributed by atoms with E-state index in [1.54, 1.807) is 38.1 Å². The molecule has 1 atom stereocenters. The maximum absolute atomic E-state index is 12.5. The van der Waals surface area contributed by atoms with Crippen LogP contribution in [-0.2, 0) is 9.53 Å². The number of rotatable bonds is 6. The van der Waals surface area contributed by atoms with Gasteiger partial charge in [0.1, 0.15) is 5.75 Å². The number of anilines is 1. The Balaban J connectivity index is 1.71. The first kappa shape index (κ1) is 18.5. The van der Waals surface area contributed by atoms with Crippen molar-refractivity contribution in [1.82, 2.24) is 0 Å². The number of esters is 1. The molecule has 5 nitrogen and oxygen atoms in total. The van der Waals surface area contributed by atoms with E-state index >= 15 is 0 Å². The lowest BCUT2D eigenvalue weighted by atomic mass is 10.1. The minimum absolute atomic E-state index is 0.266. The van der Waals surface area contributed by atoms with Gasteiger partial charge in [-0.05, 0) is 48.9 Å². The van der Waals surface area contributed by atoms with Crippen LogP contribution in [0.15, 0.2) is 66.7 Å². The van der Waals surface area contributed by atoms with Gasteiger partial charge in [0.05, 0.1) is 17.9 Å². The molecule has 0 aliphatic carbocycles. The molecule has 0 heterocycles. The van der Waals surface area contributed by atoms with Crippen LogP contribution in [0.25, 0.3) is 10.8 Å². The Kier molecular flexibility index (Phi) is 5.71. The summed E-state index contributed by atoms with van der Waals surface area (Å²) in [4.78, 5) is 24.6. The second kappa shape index (κ2) is 8.36. The van der Waals surface area contributed by atoms with Crippen molar-refractivity contribution in [3.8, 4) is 5.75 Å². The Morgan fingerprint density at radius 2 is 1.67 bits per heavy atom. The highest BCUT2D eigenvalue weighted by atomic mass is 16.5. The van der Waals surface area contributed by atoms with Crippen LogP contribution in [0, 0.1) is 0 Å². The second-order valence-corrected chi connectivity index (χ2v) is 6.02. The van der Waals surface area contributed by atoms with Crippen molar-refractivity contribution in [1.29, 1.82) is 0 Å². The summed E-state index contributed by atoms with van der Waals surface area (Å²) in [7, 11) is 0. The molecule has 1 amide bonds. The number of nitrogens with one attached hydrogen (secondary N) is 1. The summed E-state index contributed by atoms with van der Waals surface area (Å²) >= 11 is 0. The summed E-state index contributed by atoms with van der Waals surface area (Å²) in [6.07, 6.45) is -0.735. The number of hydrogen-bond acceptors (Lipinski definition) is 4. The lowest BCUT2D eigenvalue weighted by molar-refractivity contribution is -0.122. The monoisotopic (exact) mass is 363 g/mol. The molecule has 0 bridgehead atoms. The minimum atomic E-state index is -0.735. The molecule has 0 fully saturated rings. The van der Waals surface area contributed by atoms with Gasteiger partial charge in [0.25, 0.3) is 5.91 Å². The zero-order valence-corrected chi connectivity index (χ0v) is 15.3.